The molecule has 2 aliphatic rings. The molecule has 0 N–H and O–H groups in total. The molecular weight excluding hydrogens is 480 g/mol. The minimum absolute atomic E-state index is 0.00571. The van der Waals surface area contributed by atoms with E-state index in [4.69, 9.17) is 18.9 Å². The van der Waals surface area contributed by atoms with Crippen LogP contribution in [0.1, 0.15) is 56.5 Å². The molecule has 4 aromatic rings. The molecule has 2 unspecified atom stereocenters. The molecule has 0 aliphatic carbocycles. The summed E-state index contributed by atoms with van der Waals surface area (Å²) in [4.78, 5) is 27.1. The standard InChI is InChI=1S/C32H26O6/c33-27(21-7-3-1-4-8-21)17-25(23-11-13-29-31(15-23)37-19-35-29)26(18-28(34)22-9-5-2-6-10-22)24-12-14-30-32(16-24)38-20-36-30/h1-16,25-26H,17-20H2. The average molecular weight is 507 g/mol. The van der Waals surface area contributed by atoms with Crippen LogP contribution in [0, 0.1) is 0 Å². The minimum atomic E-state index is -0.315. The quantitative estimate of drug-likeness (QED) is 0.240. The highest BCUT2D eigenvalue weighted by Crippen LogP contribution is 2.45. The Balaban J connectivity index is 1.43. The van der Waals surface area contributed by atoms with Crippen LogP contribution in [0.2, 0.25) is 0 Å². The fraction of sp³-hybridized carbons (Fsp3) is 0.188. The van der Waals surface area contributed by atoms with Crippen molar-refractivity contribution >= 4 is 11.6 Å². The zero-order valence-electron chi connectivity index (χ0n) is 20.7. The molecule has 0 saturated carbocycles. The van der Waals surface area contributed by atoms with Crippen LogP contribution in [-0.4, -0.2) is 25.2 Å². The van der Waals surface area contributed by atoms with Gasteiger partial charge in [-0.3, -0.25) is 9.59 Å². The molecule has 4 aromatic carbocycles. The van der Waals surface area contributed by atoms with Gasteiger partial charge in [-0.25, -0.2) is 0 Å². The first-order valence-electron chi connectivity index (χ1n) is 12.6. The summed E-state index contributed by atoms with van der Waals surface area (Å²) in [7, 11) is 0. The lowest BCUT2D eigenvalue weighted by Crippen LogP contribution is -2.19. The molecule has 2 atom stereocenters. The molecule has 0 spiro atoms. The normalized spacial score (nSPS) is 14.6. The topological polar surface area (TPSA) is 71.1 Å². The number of rotatable bonds is 9. The van der Waals surface area contributed by atoms with Gasteiger partial charge in [-0.1, -0.05) is 72.8 Å². The highest BCUT2D eigenvalue weighted by molar-refractivity contribution is 5.98. The molecule has 2 aliphatic heterocycles. The molecule has 0 aromatic heterocycles. The van der Waals surface area contributed by atoms with Gasteiger partial charge in [0, 0.05) is 24.0 Å². The van der Waals surface area contributed by atoms with Crippen molar-refractivity contribution in [1.29, 1.82) is 0 Å². The van der Waals surface area contributed by atoms with E-state index in [9.17, 15) is 9.59 Å². The lowest BCUT2D eigenvalue weighted by atomic mass is 9.75. The summed E-state index contributed by atoms with van der Waals surface area (Å²) in [6, 6.07) is 30.0. The van der Waals surface area contributed by atoms with Gasteiger partial charge in [0.25, 0.3) is 0 Å². The minimum Gasteiger partial charge on any atom is -0.454 e. The second kappa shape index (κ2) is 10.4. The fourth-order valence-corrected chi connectivity index (χ4v) is 5.16. The van der Waals surface area contributed by atoms with Crippen LogP contribution in [0.25, 0.3) is 0 Å². The summed E-state index contributed by atoms with van der Waals surface area (Å²) < 4.78 is 22.4. The van der Waals surface area contributed by atoms with E-state index in [0.717, 1.165) is 11.1 Å². The molecular formula is C32H26O6. The Kier molecular flexibility index (Phi) is 6.53. The van der Waals surface area contributed by atoms with Gasteiger partial charge in [0.2, 0.25) is 13.6 Å². The number of benzene rings is 4. The van der Waals surface area contributed by atoms with E-state index < -0.39 is 0 Å². The number of Topliss-reactive ketones (excluding diaryl/α,β-unsaturated/α-hetero) is 2. The number of ketones is 2. The van der Waals surface area contributed by atoms with Crippen molar-refractivity contribution in [3.63, 3.8) is 0 Å². The largest absolute Gasteiger partial charge is 0.454 e. The van der Waals surface area contributed by atoms with Crippen LogP contribution in [0.15, 0.2) is 97.1 Å². The molecule has 0 fully saturated rings. The lowest BCUT2D eigenvalue weighted by molar-refractivity contribution is 0.0936. The van der Waals surface area contributed by atoms with Crippen LogP contribution < -0.4 is 18.9 Å². The molecule has 0 saturated heterocycles. The molecule has 0 amide bonds. The van der Waals surface area contributed by atoms with Crippen molar-refractivity contribution in [2.45, 2.75) is 24.7 Å². The Morgan fingerprint density at radius 3 is 1.34 bits per heavy atom. The summed E-state index contributed by atoms with van der Waals surface area (Å²) in [6.45, 7) is 0.314. The van der Waals surface area contributed by atoms with Gasteiger partial charge in [0.15, 0.2) is 34.6 Å². The van der Waals surface area contributed by atoms with Crippen molar-refractivity contribution in [3.05, 3.63) is 119 Å². The van der Waals surface area contributed by atoms with Gasteiger partial charge in [-0.15, -0.1) is 0 Å². The second-order valence-electron chi connectivity index (χ2n) is 9.43. The van der Waals surface area contributed by atoms with E-state index >= 15 is 0 Å². The number of carbonyl (C=O) groups excluding carboxylic acids is 2. The average Bonchev–Trinajstić information content (AvgIpc) is 3.64. The Hall–Kier alpha value is -4.58. The Morgan fingerprint density at radius 2 is 0.921 bits per heavy atom. The molecule has 190 valence electrons. The maximum atomic E-state index is 13.6. The summed E-state index contributed by atoms with van der Waals surface area (Å²) in [5, 5.41) is 0. The highest BCUT2D eigenvalue weighted by atomic mass is 16.7. The monoisotopic (exact) mass is 506 g/mol. The van der Waals surface area contributed by atoms with E-state index in [2.05, 4.69) is 0 Å². The molecule has 6 rings (SSSR count). The first-order valence-corrected chi connectivity index (χ1v) is 12.6. The lowest BCUT2D eigenvalue weighted by Gasteiger charge is -2.28. The SMILES string of the molecule is O=C(CC(c1ccc2c(c1)OCO2)C(CC(=O)c1ccccc1)c1ccc2c(c1)OCO2)c1ccccc1. The van der Waals surface area contributed by atoms with E-state index in [1.54, 1.807) is 0 Å². The van der Waals surface area contributed by atoms with Crippen molar-refractivity contribution in [2.24, 2.45) is 0 Å². The molecule has 0 bridgehead atoms. The number of hydrogen-bond acceptors (Lipinski definition) is 6. The van der Waals surface area contributed by atoms with Crippen molar-refractivity contribution in [2.75, 3.05) is 13.6 Å². The van der Waals surface area contributed by atoms with E-state index in [0.29, 0.717) is 34.1 Å². The Labute approximate surface area is 220 Å². The van der Waals surface area contributed by atoms with Crippen molar-refractivity contribution in [1.82, 2.24) is 0 Å². The van der Waals surface area contributed by atoms with Crippen LogP contribution in [0.3, 0.4) is 0 Å². The van der Waals surface area contributed by atoms with E-state index in [1.807, 2.05) is 97.1 Å². The molecule has 2 heterocycles. The highest BCUT2D eigenvalue weighted by Gasteiger charge is 2.32. The first-order chi connectivity index (χ1) is 18.7. The van der Waals surface area contributed by atoms with Crippen LogP contribution in [-0.2, 0) is 0 Å². The van der Waals surface area contributed by atoms with E-state index in [1.165, 1.54) is 0 Å². The zero-order valence-corrected chi connectivity index (χ0v) is 20.7. The predicted octanol–water partition coefficient (Wildman–Crippen LogP) is 6.56. The molecule has 38 heavy (non-hydrogen) atoms. The van der Waals surface area contributed by atoms with Crippen LogP contribution in [0.5, 0.6) is 23.0 Å². The number of carbonyl (C=O) groups is 2. The van der Waals surface area contributed by atoms with Gasteiger partial charge in [-0.05, 0) is 47.2 Å². The molecule has 6 heteroatoms. The number of ether oxygens (including phenoxy) is 4. The summed E-state index contributed by atoms with van der Waals surface area (Å²) in [5.74, 6) is 1.99. The third kappa shape index (κ3) is 4.85. The molecule has 6 nitrogen and oxygen atoms in total. The van der Waals surface area contributed by atoms with Gasteiger partial charge < -0.3 is 18.9 Å². The Morgan fingerprint density at radius 1 is 0.526 bits per heavy atom. The molecule has 0 radical (unpaired) electrons. The number of fused-ring (bicyclic) bond motifs is 2. The summed E-state index contributed by atoms with van der Waals surface area (Å²) in [6.07, 6.45) is 0.426. The van der Waals surface area contributed by atoms with Crippen LogP contribution in [0.4, 0.5) is 0 Å². The van der Waals surface area contributed by atoms with Crippen molar-refractivity contribution < 1.29 is 28.5 Å². The van der Waals surface area contributed by atoms with Gasteiger partial charge in [0.05, 0.1) is 0 Å². The van der Waals surface area contributed by atoms with Crippen LogP contribution >= 0.6 is 0 Å². The third-order valence-corrected chi connectivity index (χ3v) is 7.14. The van der Waals surface area contributed by atoms with E-state index in [-0.39, 0.29) is 49.8 Å². The summed E-state index contributed by atoms with van der Waals surface area (Å²) in [5.41, 5.74) is 3.08. The fourth-order valence-electron chi connectivity index (χ4n) is 5.16. The van der Waals surface area contributed by atoms with Gasteiger partial charge in [0.1, 0.15) is 0 Å². The summed E-state index contributed by atoms with van der Waals surface area (Å²) >= 11 is 0. The Bertz CT molecular complexity index is 1350. The third-order valence-electron chi connectivity index (χ3n) is 7.14. The van der Waals surface area contributed by atoms with Crippen molar-refractivity contribution in [3.8, 4) is 23.0 Å². The maximum Gasteiger partial charge on any atom is 0.231 e. The van der Waals surface area contributed by atoms with Gasteiger partial charge >= 0.3 is 0 Å². The number of hydrogen-bond donors (Lipinski definition) is 0. The maximum absolute atomic E-state index is 13.6. The first kappa shape index (κ1) is 23.8. The second-order valence-corrected chi connectivity index (χ2v) is 9.43. The zero-order chi connectivity index (χ0) is 25.9. The smallest absolute Gasteiger partial charge is 0.231 e. The predicted molar refractivity (Wildman–Crippen MR) is 141 cm³/mol. The van der Waals surface area contributed by atoms with Gasteiger partial charge in [-0.2, -0.15) is 0 Å².